The Hall–Kier alpha value is -11.4. The van der Waals surface area contributed by atoms with Gasteiger partial charge < -0.3 is 82.0 Å². The van der Waals surface area contributed by atoms with Gasteiger partial charge in [0.1, 0.15) is 47.5 Å². The van der Waals surface area contributed by atoms with Gasteiger partial charge in [-0.1, -0.05) is 99.0 Å². The van der Waals surface area contributed by atoms with Crippen LogP contribution < -0.4 is 47.1 Å². The maximum atomic E-state index is 10.8. The Labute approximate surface area is 653 Å². The minimum Gasteiger partial charge on any atom is -0.508 e. The van der Waals surface area contributed by atoms with Crippen LogP contribution in [-0.4, -0.2) is 205 Å². The lowest BCUT2D eigenvalue weighted by atomic mass is 10.0. The van der Waals surface area contributed by atoms with Crippen LogP contribution in [0.15, 0.2) is 153 Å². The zero-order valence-electron chi connectivity index (χ0n) is 66.2. The summed E-state index contributed by atoms with van der Waals surface area (Å²) in [4.78, 5) is 75.6. The van der Waals surface area contributed by atoms with E-state index in [-0.39, 0.29) is 60.6 Å². The van der Waals surface area contributed by atoms with Crippen molar-refractivity contribution in [2.45, 2.75) is 119 Å². The van der Waals surface area contributed by atoms with E-state index >= 15 is 0 Å². The van der Waals surface area contributed by atoms with Crippen molar-refractivity contribution in [3.05, 3.63) is 187 Å². The van der Waals surface area contributed by atoms with Crippen LogP contribution >= 0.6 is 0 Å². The molecule has 4 aliphatic heterocycles. The van der Waals surface area contributed by atoms with Crippen LogP contribution in [-0.2, 0) is 53.3 Å². The average Bonchev–Trinajstić information content (AvgIpc) is 0.786. The molecule has 5 aromatic carbocycles. The fourth-order valence-electron chi connectivity index (χ4n) is 13.8. The van der Waals surface area contributed by atoms with Crippen molar-refractivity contribution >= 4 is 90.4 Å². The molecule has 1 fully saturated rings. The zero-order chi connectivity index (χ0) is 80.3. The van der Waals surface area contributed by atoms with Gasteiger partial charge in [-0.15, -0.1) is 0 Å². The molecule has 26 heteroatoms. The first-order chi connectivity index (χ1) is 53.5. The predicted molar refractivity (Wildman–Crippen MR) is 448 cm³/mol. The van der Waals surface area contributed by atoms with Gasteiger partial charge in [0.15, 0.2) is 0 Å². The number of pyridine rings is 2. The van der Waals surface area contributed by atoms with Crippen molar-refractivity contribution in [1.82, 2.24) is 54.4 Å². The number of benzene rings is 5. The third kappa shape index (κ3) is 23.1. The highest BCUT2D eigenvalue weighted by Gasteiger charge is 2.28. The molecule has 0 aliphatic carbocycles. The van der Waals surface area contributed by atoms with E-state index in [2.05, 4.69) is 95.4 Å². The van der Waals surface area contributed by atoms with Gasteiger partial charge in [-0.25, -0.2) is 4.98 Å². The number of amides is 3. The summed E-state index contributed by atoms with van der Waals surface area (Å²) in [5.41, 5.74) is 33.2. The second-order valence-electron chi connectivity index (χ2n) is 27.5. The van der Waals surface area contributed by atoms with Crippen LogP contribution in [0.2, 0.25) is 0 Å². The number of aromatic hydroxyl groups is 2. The molecular weight excluding hydrogens is 1400 g/mol. The van der Waals surface area contributed by atoms with Crippen LogP contribution in [0.5, 0.6) is 23.5 Å². The van der Waals surface area contributed by atoms with E-state index in [1.54, 1.807) is 39.1 Å². The monoisotopic (exact) mass is 1510 g/mol. The number of aromatic nitrogens is 6. The van der Waals surface area contributed by atoms with Gasteiger partial charge in [-0.05, 0) is 166 Å². The number of likely N-dealkylation sites (N-methyl/N-ethyl adjacent to an activating group) is 4. The molecule has 0 bridgehead atoms. The molecule has 592 valence electrons. The number of aliphatic hydroxyl groups is 1. The lowest BCUT2D eigenvalue weighted by Gasteiger charge is -2.32. The van der Waals surface area contributed by atoms with E-state index in [1.165, 1.54) is 37.5 Å². The summed E-state index contributed by atoms with van der Waals surface area (Å²) in [6.45, 7) is 36.2. The lowest BCUT2D eigenvalue weighted by Crippen LogP contribution is -2.38. The molecule has 13 rings (SSSR count). The number of hydrogen-bond acceptors (Lipinski definition) is 23. The summed E-state index contributed by atoms with van der Waals surface area (Å²) < 4.78 is 11.8. The van der Waals surface area contributed by atoms with E-state index in [1.807, 2.05) is 127 Å². The molecule has 4 aromatic heterocycles. The largest absolute Gasteiger partial charge is 0.508 e. The van der Waals surface area contributed by atoms with Gasteiger partial charge in [-0.2, -0.15) is 19.9 Å². The summed E-state index contributed by atoms with van der Waals surface area (Å²) in [5, 5.41) is 36.4. The number of nitrogens with zero attached hydrogens (tertiary/aromatic N) is 14. The first-order valence-corrected chi connectivity index (χ1v) is 38.4. The van der Waals surface area contributed by atoms with Gasteiger partial charge in [-0.3, -0.25) is 24.3 Å². The highest BCUT2D eigenvalue weighted by Crippen LogP contribution is 2.38. The number of fused-ring (bicyclic) bond motifs is 6. The number of piperidine rings is 1. The van der Waals surface area contributed by atoms with Crippen molar-refractivity contribution in [2.75, 3.05) is 143 Å². The Kier molecular flexibility index (Phi) is 32.3. The minimum absolute atomic E-state index is 0.000239. The number of ether oxygens (including phenoxy) is 2. The molecule has 0 saturated carbocycles. The number of hydrogen-bond donors (Lipinski definition) is 7. The topological polar surface area (TPSA) is 338 Å². The van der Waals surface area contributed by atoms with Gasteiger partial charge >= 0.3 is 12.0 Å². The normalized spacial score (nSPS) is 14.0. The van der Waals surface area contributed by atoms with Crippen molar-refractivity contribution in [2.24, 2.45) is 0 Å². The SMILES string of the molecule is C=CC(=O)N(CC)CC.C=CC(=O)N(CC)CC.C=CC(=O)N(CC)CC.CN(C)C(CO)COc1nc(N)c2c(n1)CN(c1cc(O)cc3ccccc13)CC2.C[C@H](CN1CCCCC1)Oc1nc(N)c2c(n1)CN(c1cc(O)cc3ccccc13)CC2.Nc1cc2ccccc2c(N2CCc3c(N)ccnc3C2)n1. The fraction of sp³-hybridized carbons (Fsp3) is 0.400. The number of rotatable bonds is 21. The average molecular weight is 1520 g/mol. The first-order valence-electron chi connectivity index (χ1n) is 38.4. The van der Waals surface area contributed by atoms with Crippen molar-refractivity contribution < 1.29 is 39.2 Å². The molecule has 8 heterocycles. The van der Waals surface area contributed by atoms with Crippen LogP contribution in [0.4, 0.5) is 40.3 Å². The highest BCUT2D eigenvalue weighted by atomic mass is 16.5. The molecule has 2 atom stereocenters. The number of carbonyl (C=O) groups excluding carboxylic acids is 3. The Balaban J connectivity index is 0.000000181. The number of aliphatic hydroxyl groups excluding tert-OH is 1. The zero-order valence-corrected chi connectivity index (χ0v) is 66.2. The van der Waals surface area contributed by atoms with Crippen LogP contribution in [0.3, 0.4) is 0 Å². The van der Waals surface area contributed by atoms with Gasteiger partial charge in [0.25, 0.3) is 0 Å². The summed E-state index contributed by atoms with van der Waals surface area (Å²) >= 11 is 0. The number of carbonyl (C=O) groups is 3. The van der Waals surface area contributed by atoms with E-state index in [0.29, 0.717) is 49.5 Å². The Morgan fingerprint density at radius 1 is 0.532 bits per heavy atom. The summed E-state index contributed by atoms with van der Waals surface area (Å²) in [6, 6.07) is 35.7. The summed E-state index contributed by atoms with van der Waals surface area (Å²) in [5.74, 6) is 2.95. The molecule has 4 aliphatic rings. The summed E-state index contributed by atoms with van der Waals surface area (Å²) in [6.07, 6.45) is 12.0. The predicted octanol–water partition coefficient (Wildman–Crippen LogP) is 11.0. The number of phenols is 2. The molecule has 11 N–H and O–H groups in total. The maximum absolute atomic E-state index is 10.8. The molecule has 9 aromatic rings. The number of nitrogen functional groups attached to an aromatic ring is 4. The highest BCUT2D eigenvalue weighted by molar-refractivity contribution is 5.97. The van der Waals surface area contributed by atoms with Crippen molar-refractivity contribution in [1.29, 1.82) is 0 Å². The van der Waals surface area contributed by atoms with Gasteiger partial charge in [0, 0.05) is 134 Å². The Morgan fingerprint density at radius 3 is 1.42 bits per heavy atom. The number of phenolic OH excluding ortho intramolecular Hbond substituents is 2. The fourth-order valence-corrected chi connectivity index (χ4v) is 13.8. The first kappa shape index (κ1) is 85.3. The molecule has 26 nitrogen and oxygen atoms in total. The van der Waals surface area contributed by atoms with Crippen molar-refractivity contribution in [3.63, 3.8) is 0 Å². The van der Waals surface area contributed by atoms with E-state index < -0.39 is 0 Å². The Bertz CT molecular complexity index is 4530. The smallest absolute Gasteiger partial charge is 0.318 e. The third-order valence-corrected chi connectivity index (χ3v) is 20.0. The second-order valence-corrected chi connectivity index (χ2v) is 27.5. The van der Waals surface area contributed by atoms with Crippen molar-refractivity contribution in [3.8, 4) is 23.5 Å². The number of likely N-dealkylation sites (tertiary alicyclic amines) is 1. The maximum Gasteiger partial charge on any atom is 0.318 e. The van der Waals surface area contributed by atoms with E-state index in [0.717, 1.165) is 180 Å². The van der Waals surface area contributed by atoms with Crippen LogP contribution in [0.1, 0.15) is 102 Å². The molecule has 1 unspecified atom stereocenters. The van der Waals surface area contributed by atoms with Crippen LogP contribution in [0, 0.1) is 0 Å². The van der Waals surface area contributed by atoms with Gasteiger partial charge in [0.05, 0.1) is 49.4 Å². The number of nitrogens with two attached hydrogens (primary N) is 4. The molecule has 3 amide bonds. The van der Waals surface area contributed by atoms with E-state index in [4.69, 9.17) is 37.4 Å². The van der Waals surface area contributed by atoms with Crippen LogP contribution in [0.25, 0.3) is 32.3 Å². The molecule has 1 saturated heterocycles. The van der Waals surface area contributed by atoms with E-state index in [9.17, 15) is 29.7 Å². The minimum atomic E-state index is -0.152. The summed E-state index contributed by atoms with van der Waals surface area (Å²) in [7, 11) is 3.76. The molecular formula is C85H114N18O8. The standard InChI is InChI=1S/C25H31N5O2.C22H27N5O3.C17H17N5.3C7H13NO/c1-17(15-29-10-5-2-6-11-29)32-25-27-22-16-30(12-9-21(22)24(26)28-25)23-14-19(31)13-18-7-3-4-8-20(18)23;1-26(2)15(12-28)13-30-22-24-19-11-27(8-7-18(19)21(23)25-22)20-10-16(29)9-14-5-3-4-6-17(14)20;18-14-5-7-20-15-10-22(8-6-13(14)15)17-12-4-2-1-3-11(12)9-16(19)21-17;3*1-4-7(9)8(5-2)6-3/h3-4,7-8,13-14,17,31H,2,5-6,9-12,15-16H2,1H3,(H2,26,27,28);3-6,9-10,15,28-29H,7-8,11-13H2,1-2H3,(H2,23,24,25);1-5,7,9H,6,8,10H2,(H2,18,20)(H2,19,21);3*4H,1,5-6H2,2-3H3/t17-;;;;;/m1...../s1. The molecule has 111 heavy (non-hydrogen) atoms. The van der Waals surface area contributed by atoms with Gasteiger partial charge in [0.2, 0.25) is 17.7 Å². The Morgan fingerprint density at radius 2 is 0.964 bits per heavy atom. The third-order valence-electron chi connectivity index (χ3n) is 20.0. The second kappa shape index (κ2) is 42.0. The molecule has 0 radical (unpaired) electrons. The quantitative estimate of drug-likeness (QED) is 0.0329. The number of anilines is 7. The molecule has 0 spiro atoms. The lowest BCUT2D eigenvalue weighted by molar-refractivity contribution is -0.126.